The van der Waals surface area contributed by atoms with E-state index in [9.17, 15) is 14.4 Å². The minimum Gasteiger partial charge on any atom is -0.485 e. The van der Waals surface area contributed by atoms with Gasteiger partial charge < -0.3 is 23.7 Å². The SMILES string of the molecule is O=C(OCCCN1C(=O)c2ccc(Br)cc2C1=O)c1ccc2c(c1)OCc1cc3c(cc1CO2)COc1c(c2ccccc2c2ccccc12)OC3. The third-order valence-electron chi connectivity index (χ3n) is 9.74. The Morgan fingerprint density at radius 2 is 1.17 bits per heavy atom. The average molecular weight is 757 g/mol. The summed E-state index contributed by atoms with van der Waals surface area (Å²) >= 11 is 3.34. The molecule has 0 saturated carbocycles. The van der Waals surface area contributed by atoms with Gasteiger partial charge in [0.15, 0.2) is 23.0 Å². The molecule has 9 rings (SSSR count). The number of ether oxygens (including phenoxy) is 5. The van der Waals surface area contributed by atoms with Crippen LogP contribution in [0.4, 0.5) is 0 Å². The first-order valence-corrected chi connectivity index (χ1v) is 17.8. The zero-order valence-corrected chi connectivity index (χ0v) is 29.4. The molecule has 0 bridgehead atoms. The maximum Gasteiger partial charge on any atom is 0.338 e. The quantitative estimate of drug-likeness (QED) is 0.0747. The number of halogens is 1. The highest BCUT2D eigenvalue weighted by Gasteiger charge is 2.35. The average Bonchev–Trinajstić information content (AvgIpc) is 3.38. The van der Waals surface area contributed by atoms with E-state index < -0.39 is 5.97 Å². The van der Waals surface area contributed by atoms with Crippen molar-refractivity contribution in [3.8, 4) is 23.0 Å². The molecule has 0 aromatic heterocycles. The van der Waals surface area contributed by atoms with Crippen molar-refractivity contribution in [1.29, 1.82) is 0 Å². The summed E-state index contributed by atoms with van der Waals surface area (Å²) in [6.07, 6.45) is 0.303. The number of imide groups is 1. The maximum absolute atomic E-state index is 13.0. The molecular weight excluding hydrogens is 726 g/mol. The Kier molecular flexibility index (Phi) is 8.03. The van der Waals surface area contributed by atoms with Crippen molar-refractivity contribution in [1.82, 2.24) is 4.90 Å². The second-order valence-corrected chi connectivity index (χ2v) is 13.8. The highest BCUT2D eigenvalue weighted by molar-refractivity contribution is 9.10. The molecule has 3 aliphatic rings. The number of amides is 2. The predicted molar refractivity (Wildman–Crippen MR) is 196 cm³/mol. The molecule has 3 aliphatic heterocycles. The molecule has 6 aromatic carbocycles. The van der Waals surface area contributed by atoms with Crippen LogP contribution in [0.15, 0.2) is 102 Å². The summed E-state index contributed by atoms with van der Waals surface area (Å²) in [6.45, 7) is 1.48. The Bertz CT molecular complexity index is 2480. The van der Waals surface area contributed by atoms with Crippen LogP contribution in [-0.2, 0) is 31.2 Å². The van der Waals surface area contributed by atoms with Gasteiger partial charge in [-0.15, -0.1) is 0 Å². The van der Waals surface area contributed by atoms with Gasteiger partial charge in [-0.25, -0.2) is 4.79 Å². The number of carbonyl (C=O) groups is 3. The zero-order valence-electron chi connectivity index (χ0n) is 27.8. The maximum atomic E-state index is 13.0. The lowest BCUT2D eigenvalue weighted by atomic mass is 9.97. The third kappa shape index (κ3) is 5.59. The normalized spacial score (nSPS) is 14.5. The second-order valence-electron chi connectivity index (χ2n) is 12.9. The summed E-state index contributed by atoms with van der Waals surface area (Å²) in [4.78, 5) is 39.6. The molecule has 258 valence electrons. The van der Waals surface area contributed by atoms with Crippen LogP contribution < -0.4 is 18.9 Å². The topological polar surface area (TPSA) is 101 Å². The second kappa shape index (κ2) is 13.0. The molecule has 6 aromatic rings. The first-order valence-electron chi connectivity index (χ1n) is 17.0. The van der Waals surface area contributed by atoms with Crippen LogP contribution in [0.3, 0.4) is 0 Å². The number of hydrogen-bond acceptors (Lipinski definition) is 8. The van der Waals surface area contributed by atoms with E-state index in [1.54, 1.807) is 36.4 Å². The van der Waals surface area contributed by atoms with Gasteiger partial charge in [-0.1, -0.05) is 64.5 Å². The first-order chi connectivity index (χ1) is 25.4. The van der Waals surface area contributed by atoms with E-state index in [0.29, 0.717) is 54.4 Å². The molecule has 2 amide bonds. The Morgan fingerprint density at radius 1 is 0.615 bits per heavy atom. The molecule has 0 fully saturated rings. The number of rotatable bonds is 5. The molecular formula is C42H30BrNO8. The number of benzene rings is 6. The van der Waals surface area contributed by atoms with Crippen LogP contribution in [0.2, 0.25) is 0 Å². The molecule has 9 nitrogen and oxygen atoms in total. The van der Waals surface area contributed by atoms with E-state index >= 15 is 0 Å². The number of nitrogens with zero attached hydrogens (tertiary/aromatic N) is 1. The van der Waals surface area contributed by atoms with E-state index in [-0.39, 0.29) is 31.6 Å². The zero-order chi connectivity index (χ0) is 35.3. The monoisotopic (exact) mass is 755 g/mol. The molecule has 0 N–H and O–H groups in total. The van der Waals surface area contributed by atoms with Gasteiger partial charge in [0.1, 0.15) is 26.4 Å². The summed E-state index contributed by atoms with van der Waals surface area (Å²) in [7, 11) is 0. The van der Waals surface area contributed by atoms with E-state index in [1.165, 1.54) is 4.90 Å². The number of esters is 1. The predicted octanol–water partition coefficient (Wildman–Crippen LogP) is 8.54. The fourth-order valence-corrected chi connectivity index (χ4v) is 7.47. The third-order valence-corrected chi connectivity index (χ3v) is 10.2. The van der Waals surface area contributed by atoms with E-state index in [4.69, 9.17) is 23.7 Å². The van der Waals surface area contributed by atoms with Crippen molar-refractivity contribution in [3.63, 3.8) is 0 Å². The van der Waals surface area contributed by atoms with Gasteiger partial charge in [-0.05, 0) is 88.0 Å². The van der Waals surface area contributed by atoms with Gasteiger partial charge in [0.05, 0.1) is 23.3 Å². The van der Waals surface area contributed by atoms with Gasteiger partial charge in [0.25, 0.3) is 11.8 Å². The van der Waals surface area contributed by atoms with Crippen molar-refractivity contribution in [2.24, 2.45) is 0 Å². The molecule has 52 heavy (non-hydrogen) atoms. The molecule has 10 heteroatoms. The lowest BCUT2D eigenvalue weighted by Gasteiger charge is -2.25. The van der Waals surface area contributed by atoms with Crippen LogP contribution in [0, 0.1) is 0 Å². The van der Waals surface area contributed by atoms with Crippen molar-refractivity contribution in [2.75, 3.05) is 13.2 Å². The molecule has 0 saturated heterocycles. The molecule has 0 aliphatic carbocycles. The first kappa shape index (κ1) is 32.1. The lowest BCUT2D eigenvalue weighted by molar-refractivity contribution is 0.0481. The molecule has 3 heterocycles. The fraction of sp³-hybridized carbons (Fsp3) is 0.167. The number of fused-ring (bicyclic) bond motifs is 10. The Morgan fingerprint density at radius 3 is 1.81 bits per heavy atom. The summed E-state index contributed by atoms with van der Waals surface area (Å²) in [5.41, 5.74) is 4.98. The Balaban J connectivity index is 0.874. The summed E-state index contributed by atoms with van der Waals surface area (Å²) in [5.74, 6) is 1.17. The van der Waals surface area contributed by atoms with Crippen molar-refractivity contribution < 1.29 is 38.1 Å². The van der Waals surface area contributed by atoms with E-state index in [2.05, 4.69) is 52.3 Å². The van der Waals surface area contributed by atoms with Crippen LogP contribution in [-0.4, -0.2) is 35.8 Å². The van der Waals surface area contributed by atoms with E-state index in [1.807, 2.05) is 24.3 Å². The summed E-state index contributed by atoms with van der Waals surface area (Å²) < 4.78 is 31.7. The minimum atomic E-state index is -0.542. The molecule has 0 atom stereocenters. The van der Waals surface area contributed by atoms with Crippen LogP contribution in [0.5, 0.6) is 23.0 Å². The highest BCUT2D eigenvalue weighted by atomic mass is 79.9. The van der Waals surface area contributed by atoms with Crippen LogP contribution in [0.1, 0.15) is 59.7 Å². The molecule has 0 unspecified atom stereocenters. The van der Waals surface area contributed by atoms with Gasteiger partial charge in [-0.3, -0.25) is 14.5 Å². The smallest absolute Gasteiger partial charge is 0.338 e. The Hall–Kier alpha value is -5.87. The molecule has 0 spiro atoms. The summed E-state index contributed by atoms with van der Waals surface area (Å²) in [5, 5.41) is 4.25. The Labute approximate surface area is 306 Å². The van der Waals surface area contributed by atoms with Crippen molar-refractivity contribution in [3.05, 3.63) is 140 Å². The van der Waals surface area contributed by atoms with Gasteiger partial charge in [0.2, 0.25) is 0 Å². The van der Waals surface area contributed by atoms with Crippen LogP contribution in [0.25, 0.3) is 21.5 Å². The largest absolute Gasteiger partial charge is 0.485 e. The number of carbonyl (C=O) groups excluding carboxylic acids is 3. The number of hydrogen-bond donors (Lipinski definition) is 0. The fourth-order valence-electron chi connectivity index (χ4n) is 7.11. The van der Waals surface area contributed by atoms with Gasteiger partial charge in [0, 0.05) is 21.8 Å². The van der Waals surface area contributed by atoms with Crippen molar-refractivity contribution >= 4 is 55.3 Å². The van der Waals surface area contributed by atoms with Crippen molar-refractivity contribution in [2.45, 2.75) is 32.8 Å². The lowest BCUT2D eigenvalue weighted by Crippen LogP contribution is -2.31. The van der Waals surface area contributed by atoms with Gasteiger partial charge in [-0.2, -0.15) is 0 Å². The molecule has 0 radical (unpaired) electrons. The van der Waals surface area contributed by atoms with Crippen LogP contribution >= 0.6 is 15.9 Å². The standard InChI is InChI=1S/C42H30BrNO8/c43-29-11-12-34-35(19-29)41(46)44(40(34)45)14-5-15-48-42(47)24-10-13-36-37(18-24)50-21-26-17-28-23-52-39-33-9-4-2-7-31(33)30-6-1-3-8-32(30)38(39)51-22-27(28)16-25(26)20-49-36/h1-4,6-13,16-19H,5,14-15,20-23H2. The van der Waals surface area contributed by atoms with E-state index in [0.717, 1.165) is 59.8 Å². The van der Waals surface area contributed by atoms with Gasteiger partial charge >= 0.3 is 5.97 Å². The highest BCUT2D eigenvalue weighted by Crippen LogP contribution is 2.45. The summed E-state index contributed by atoms with van der Waals surface area (Å²) in [6, 6.07) is 30.6. The minimum absolute atomic E-state index is 0.0329.